The van der Waals surface area contributed by atoms with Gasteiger partial charge in [-0.2, -0.15) is 0 Å². The Kier molecular flexibility index (Phi) is 4.61. The second kappa shape index (κ2) is 6.41. The van der Waals surface area contributed by atoms with Crippen molar-refractivity contribution in [3.05, 3.63) is 29.8 Å². The first-order chi connectivity index (χ1) is 9.56. The number of ether oxygens (including phenoxy) is 1. The zero-order valence-corrected chi connectivity index (χ0v) is 11.6. The summed E-state index contributed by atoms with van der Waals surface area (Å²) in [6.07, 6.45) is 3.19. The van der Waals surface area contributed by atoms with E-state index in [1.807, 2.05) is 0 Å². The van der Waals surface area contributed by atoms with Crippen LogP contribution in [0.2, 0.25) is 0 Å². The summed E-state index contributed by atoms with van der Waals surface area (Å²) >= 11 is 0. The highest BCUT2D eigenvalue weighted by Crippen LogP contribution is 2.24. The van der Waals surface area contributed by atoms with E-state index in [0.29, 0.717) is 11.7 Å². The smallest absolute Gasteiger partial charge is 0.258 e. The number of hydrogen-bond acceptors (Lipinski definition) is 3. The molecule has 5 nitrogen and oxygen atoms in total. The monoisotopic (exact) mass is 276 g/mol. The molecule has 1 aliphatic rings. The number of carbonyl (C=O) groups is 2. The zero-order valence-electron chi connectivity index (χ0n) is 11.6. The van der Waals surface area contributed by atoms with Crippen LogP contribution in [-0.4, -0.2) is 24.5 Å². The fourth-order valence-electron chi connectivity index (χ4n) is 2.55. The van der Waals surface area contributed by atoms with Crippen LogP contribution >= 0.6 is 0 Å². The minimum Gasteiger partial charge on any atom is -0.483 e. The Labute approximate surface area is 118 Å². The summed E-state index contributed by atoms with van der Waals surface area (Å²) in [5, 5.41) is 2.95. The van der Waals surface area contributed by atoms with Gasteiger partial charge in [0.15, 0.2) is 6.61 Å². The first kappa shape index (κ1) is 14.4. The molecule has 1 aromatic carbocycles. The molecule has 0 radical (unpaired) electrons. The van der Waals surface area contributed by atoms with E-state index in [9.17, 15) is 9.59 Å². The van der Waals surface area contributed by atoms with Crippen LogP contribution in [0.1, 0.15) is 36.5 Å². The van der Waals surface area contributed by atoms with Crippen molar-refractivity contribution in [3.8, 4) is 5.75 Å². The minimum atomic E-state index is -0.564. The van der Waals surface area contributed by atoms with Crippen LogP contribution in [0.5, 0.6) is 5.75 Å². The standard InChI is InChI=1S/C15H20N2O3/c1-10-6-7-11(8-10)17-14(18)9-20-13-5-3-2-4-12(13)15(16)19/h2-5,10-11H,6-9H2,1H3,(H2,16,19)(H,17,18). The molecule has 0 aliphatic heterocycles. The highest BCUT2D eigenvalue weighted by atomic mass is 16.5. The first-order valence-electron chi connectivity index (χ1n) is 6.87. The molecule has 2 unspecified atom stereocenters. The van der Waals surface area contributed by atoms with Gasteiger partial charge in [-0.15, -0.1) is 0 Å². The number of carbonyl (C=O) groups excluding carboxylic acids is 2. The maximum Gasteiger partial charge on any atom is 0.258 e. The quantitative estimate of drug-likeness (QED) is 0.854. The molecule has 2 amide bonds. The average Bonchev–Trinajstić information content (AvgIpc) is 2.82. The SMILES string of the molecule is CC1CCC(NC(=O)COc2ccccc2C(N)=O)C1. The molecule has 0 bridgehead atoms. The third-order valence-corrected chi connectivity index (χ3v) is 3.57. The fraction of sp³-hybridized carbons (Fsp3) is 0.467. The molecular weight excluding hydrogens is 256 g/mol. The molecule has 3 N–H and O–H groups in total. The molecule has 0 saturated heterocycles. The van der Waals surface area contributed by atoms with Crippen LogP contribution in [-0.2, 0) is 4.79 Å². The molecular formula is C15H20N2O3. The van der Waals surface area contributed by atoms with Gasteiger partial charge in [0.05, 0.1) is 5.56 Å². The van der Waals surface area contributed by atoms with E-state index in [2.05, 4.69) is 12.2 Å². The molecule has 2 atom stereocenters. The van der Waals surface area contributed by atoms with Crippen molar-refractivity contribution in [2.24, 2.45) is 11.7 Å². The van der Waals surface area contributed by atoms with Crippen LogP contribution in [0.3, 0.4) is 0 Å². The number of benzene rings is 1. The summed E-state index contributed by atoms with van der Waals surface area (Å²) in [5.74, 6) is 0.278. The van der Waals surface area contributed by atoms with Crippen molar-refractivity contribution < 1.29 is 14.3 Å². The number of hydrogen-bond donors (Lipinski definition) is 2. The van der Waals surface area contributed by atoms with Crippen molar-refractivity contribution in [2.45, 2.75) is 32.2 Å². The molecule has 1 aliphatic carbocycles. The molecule has 0 heterocycles. The maximum atomic E-state index is 11.8. The van der Waals surface area contributed by atoms with Crippen LogP contribution in [0.25, 0.3) is 0 Å². The van der Waals surface area contributed by atoms with Gasteiger partial charge in [-0.05, 0) is 37.3 Å². The maximum absolute atomic E-state index is 11.8. The van der Waals surface area contributed by atoms with E-state index in [4.69, 9.17) is 10.5 Å². The second-order valence-corrected chi connectivity index (χ2v) is 5.33. The van der Waals surface area contributed by atoms with Gasteiger partial charge in [0.1, 0.15) is 5.75 Å². The summed E-state index contributed by atoms with van der Waals surface area (Å²) in [5.41, 5.74) is 5.54. The molecule has 2 rings (SSSR count). The lowest BCUT2D eigenvalue weighted by Gasteiger charge is -2.13. The predicted molar refractivity (Wildman–Crippen MR) is 75.4 cm³/mol. The summed E-state index contributed by atoms with van der Waals surface area (Å²) in [6, 6.07) is 6.89. The summed E-state index contributed by atoms with van der Waals surface area (Å²) in [6.45, 7) is 2.08. The van der Waals surface area contributed by atoms with Crippen LogP contribution in [0.4, 0.5) is 0 Å². The Morgan fingerprint density at radius 3 is 2.75 bits per heavy atom. The number of primary amides is 1. The average molecular weight is 276 g/mol. The highest BCUT2D eigenvalue weighted by Gasteiger charge is 2.22. The lowest BCUT2D eigenvalue weighted by atomic mass is 10.1. The highest BCUT2D eigenvalue weighted by molar-refractivity contribution is 5.95. The third-order valence-electron chi connectivity index (χ3n) is 3.57. The van der Waals surface area contributed by atoms with E-state index in [1.165, 1.54) is 0 Å². The van der Waals surface area contributed by atoms with Gasteiger partial charge >= 0.3 is 0 Å². The second-order valence-electron chi connectivity index (χ2n) is 5.33. The predicted octanol–water partition coefficient (Wildman–Crippen LogP) is 1.47. The minimum absolute atomic E-state index is 0.102. The molecule has 1 fully saturated rings. The lowest BCUT2D eigenvalue weighted by molar-refractivity contribution is -0.123. The summed E-state index contributed by atoms with van der Waals surface area (Å²) in [4.78, 5) is 23.0. The van der Waals surface area contributed by atoms with Crippen molar-refractivity contribution >= 4 is 11.8 Å². The molecule has 0 spiro atoms. The number of nitrogens with two attached hydrogens (primary N) is 1. The van der Waals surface area contributed by atoms with E-state index >= 15 is 0 Å². The van der Waals surface area contributed by atoms with Gasteiger partial charge in [-0.25, -0.2) is 0 Å². The van der Waals surface area contributed by atoms with Gasteiger partial charge in [-0.1, -0.05) is 19.1 Å². The number of nitrogens with one attached hydrogen (secondary N) is 1. The van der Waals surface area contributed by atoms with Gasteiger partial charge < -0.3 is 15.8 Å². The number of rotatable bonds is 5. The largest absolute Gasteiger partial charge is 0.483 e. The van der Waals surface area contributed by atoms with Crippen molar-refractivity contribution in [1.82, 2.24) is 5.32 Å². The van der Waals surface area contributed by atoms with Gasteiger partial charge in [0, 0.05) is 6.04 Å². The summed E-state index contributed by atoms with van der Waals surface area (Å²) in [7, 11) is 0. The molecule has 1 saturated carbocycles. The van der Waals surface area contributed by atoms with Crippen LogP contribution in [0, 0.1) is 5.92 Å². The van der Waals surface area contributed by atoms with E-state index in [0.717, 1.165) is 19.3 Å². The third kappa shape index (κ3) is 3.73. The van der Waals surface area contributed by atoms with Crippen molar-refractivity contribution in [1.29, 1.82) is 0 Å². The Balaban J connectivity index is 1.86. The molecule has 108 valence electrons. The lowest BCUT2D eigenvalue weighted by Crippen LogP contribution is -2.36. The van der Waals surface area contributed by atoms with Crippen molar-refractivity contribution in [2.75, 3.05) is 6.61 Å². The Hall–Kier alpha value is -2.04. The Morgan fingerprint density at radius 2 is 2.10 bits per heavy atom. The van der Waals surface area contributed by atoms with E-state index in [-0.39, 0.29) is 24.1 Å². The molecule has 1 aromatic rings. The summed E-state index contributed by atoms with van der Waals surface area (Å²) < 4.78 is 5.38. The van der Waals surface area contributed by atoms with Crippen LogP contribution in [0.15, 0.2) is 24.3 Å². The molecule has 5 heteroatoms. The molecule has 0 aromatic heterocycles. The topological polar surface area (TPSA) is 81.4 Å². The molecule has 20 heavy (non-hydrogen) atoms. The van der Waals surface area contributed by atoms with Crippen molar-refractivity contribution in [3.63, 3.8) is 0 Å². The number of amides is 2. The Morgan fingerprint density at radius 1 is 1.35 bits per heavy atom. The fourth-order valence-corrected chi connectivity index (χ4v) is 2.55. The Bertz CT molecular complexity index is 502. The van der Waals surface area contributed by atoms with Gasteiger partial charge in [0.2, 0.25) is 0 Å². The first-order valence-corrected chi connectivity index (χ1v) is 6.87. The number of para-hydroxylation sites is 1. The van der Waals surface area contributed by atoms with E-state index < -0.39 is 5.91 Å². The van der Waals surface area contributed by atoms with Gasteiger partial charge in [0.25, 0.3) is 11.8 Å². The van der Waals surface area contributed by atoms with Crippen LogP contribution < -0.4 is 15.8 Å². The normalized spacial score (nSPS) is 21.4. The van der Waals surface area contributed by atoms with Gasteiger partial charge in [-0.3, -0.25) is 9.59 Å². The van der Waals surface area contributed by atoms with E-state index in [1.54, 1.807) is 24.3 Å². The zero-order chi connectivity index (χ0) is 14.5.